The van der Waals surface area contributed by atoms with Crippen LogP contribution in [-0.2, 0) is 10.8 Å². The van der Waals surface area contributed by atoms with E-state index in [4.69, 9.17) is 0 Å². The molecule has 0 aliphatic heterocycles. The highest BCUT2D eigenvalue weighted by Gasteiger charge is 2.38. The first-order valence-electron chi connectivity index (χ1n) is 22.3. The number of benzene rings is 10. The molecule has 1 heteroatoms. The molecular formula is C62H47N. The monoisotopic (exact) mass is 805 g/mol. The van der Waals surface area contributed by atoms with E-state index in [1.165, 1.54) is 99.4 Å². The van der Waals surface area contributed by atoms with E-state index in [1.807, 2.05) is 0 Å². The summed E-state index contributed by atoms with van der Waals surface area (Å²) in [5, 5.41) is 5.04. The zero-order chi connectivity index (χ0) is 42.5. The molecule has 0 atom stereocenters. The molecule has 0 N–H and O–H groups in total. The van der Waals surface area contributed by atoms with Gasteiger partial charge in [-0.15, -0.1) is 0 Å². The third-order valence-corrected chi connectivity index (χ3v) is 14.3. The Balaban J connectivity index is 0.992. The van der Waals surface area contributed by atoms with Crippen LogP contribution in [0.4, 0.5) is 17.1 Å². The number of anilines is 3. The highest BCUT2D eigenvalue weighted by atomic mass is 15.1. The Labute approximate surface area is 370 Å². The normalized spacial score (nSPS) is 14.0. The molecular weight excluding hydrogens is 759 g/mol. The Bertz CT molecular complexity index is 3440. The summed E-state index contributed by atoms with van der Waals surface area (Å²) < 4.78 is 0. The molecule has 10 aromatic carbocycles. The molecule has 1 nitrogen and oxygen atoms in total. The molecule has 0 unspecified atom stereocenters. The van der Waals surface area contributed by atoms with Gasteiger partial charge in [-0.2, -0.15) is 0 Å². The molecule has 0 bridgehead atoms. The van der Waals surface area contributed by atoms with Crippen LogP contribution >= 0.6 is 0 Å². The number of hydrogen-bond donors (Lipinski definition) is 0. The Morgan fingerprint density at radius 3 is 1.59 bits per heavy atom. The predicted octanol–water partition coefficient (Wildman–Crippen LogP) is 17.1. The van der Waals surface area contributed by atoms with Crippen LogP contribution in [-0.4, -0.2) is 0 Å². The van der Waals surface area contributed by atoms with Gasteiger partial charge in [-0.05, 0) is 130 Å². The molecule has 0 heterocycles. The fourth-order valence-corrected chi connectivity index (χ4v) is 11.2. The first-order chi connectivity index (χ1) is 30.8. The standard InChI is InChI=1S/C62H47N/c1-61(2)56-24-10-7-17-51(56)53-38-32-43(39-58(53)61)40-27-33-44(34-28-40)63(59-26-12-9-19-54(59)49-22-14-21-48-46-16-6-5-15-41(46)31-37-50(48)49)45-35-29-42(30-36-45)47-20-13-23-55-52-18-8-11-25-57(52)62(3,4)60(47)55/h5-39H,1-4H3. The van der Waals surface area contributed by atoms with Crippen molar-refractivity contribution in [1.82, 2.24) is 0 Å². The van der Waals surface area contributed by atoms with E-state index in [1.54, 1.807) is 0 Å². The molecule has 300 valence electrons. The van der Waals surface area contributed by atoms with Gasteiger partial charge in [0.2, 0.25) is 0 Å². The zero-order valence-electron chi connectivity index (χ0n) is 36.2. The van der Waals surface area contributed by atoms with Crippen LogP contribution in [0.3, 0.4) is 0 Å². The van der Waals surface area contributed by atoms with Gasteiger partial charge in [0.05, 0.1) is 5.69 Å². The van der Waals surface area contributed by atoms with Gasteiger partial charge in [-0.1, -0.05) is 204 Å². The van der Waals surface area contributed by atoms with Crippen molar-refractivity contribution in [2.45, 2.75) is 38.5 Å². The zero-order valence-corrected chi connectivity index (χ0v) is 36.2. The largest absolute Gasteiger partial charge is 0.310 e. The van der Waals surface area contributed by atoms with Gasteiger partial charge in [0.1, 0.15) is 0 Å². The van der Waals surface area contributed by atoms with Crippen molar-refractivity contribution in [2.75, 3.05) is 4.90 Å². The Kier molecular flexibility index (Phi) is 8.30. The number of hydrogen-bond acceptors (Lipinski definition) is 1. The van der Waals surface area contributed by atoms with Crippen molar-refractivity contribution in [3.63, 3.8) is 0 Å². The van der Waals surface area contributed by atoms with Gasteiger partial charge < -0.3 is 4.90 Å². The first kappa shape index (κ1) is 37.3. The van der Waals surface area contributed by atoms with Crippen LogP contribution in [0.15, 0.2) is 212 Å². The topological polar surface area (TPSA) is 3.24 Å². The van der Waals surface area contributed by atoms with E-state index in [2.05, 4.69) is 245 Å². The Hall–Kier alpha value is -7.48. The number of rotatable bonds is 6. The lowest BCUT2D eigenvalue weighted by atomic mass is 9.79. The fraction of sp³-hybridized carbons (Fsp3) is 0.0968. The van der Waals surface area contributed by atoms with Crippen LogP contribution in [0, 0.1) is 0 Å². The number of fused-ring (bicyclic) bond motifs is 9. The molecule has 0 saturated carbocycles. The minimum Gasteiger partial charge on any atom is -0.310 e. The van der Waals surface area contributed by atoms with Gasteiger partial charge in [-0.3, -0.25) is 0 Å². The molecule has 0 spiro atoms. The molecule has 2 aliphatic carbocycles. The van der Waals surface area contributed by atoms with Crippen molar-refractivity contribution >= 4 is 38.6 Å². The molecule has 10 aromatic rings. The predicted molar refractivity (Wildman–Crippen MR) is 268 cm³/mol. The molecule has 12 rings (SSSR count). The maximum atomic E-state index is 2.44. The van der Waals surface area contributed by atoms with Gasteiger partial charge in [0.15, 0.2) is 0 Å². The van der Waals surface area contributed by atoms with Crippen LogP contribution < -0.4 is 4.90 Å². The van der Waals surface area contributed by atoms with Crippen LogP contribution in [0.2, 0.25) is 0 Å². The van der Waals surface area contributed by atoms with Crippen molar-refractivity contribution in [1.29, 1.82) is 0 Å². The summed E-state index contributed by atoms with van der Waals surface area (Å²) in [6, 6.07) is 79.0. The molecule has 0 saturated heterocycles. The second-order valence-electron chi connectivity index (χ2n) is 18.5. The average molecular weight is 806 g/mol. The highest BCUT2D eigenvalue weighted by molar-refractivity contribution is 6.13. The van der Waals surface area contributed by atoms with Gasteiger partial charge in [0.25, 0.3) is 0 Å². The molecule has 63 heavy (non-hydrogen) atoms. The van der Waals surface area contributed by atoms with E-state index < -0.39 is 0 Å². The second-order valence-corrected chi connectivity index (χ2v) is 18.5. The third kappa shape index (κ3) is 5.69. The summed E-state index contributed by atoms with van der Waals surface area (Å²) in [6.07, 6.45) is 0. The Morgan fingerprint density at radius 2 is 0.825 bits per heavy atom. The van der Waals surface area contributed by atoms with E-state index in [0.717, 1.165) is 17.1 Å². The summed E-state index contributed by atoms with van der Waals surface area (Å²) in [5.74, 6) is 0. The van der Waals surface area contributed by atoms with Crippen molar-refractivity contribution in [2.24, 2.45) is 0 Å². The molecule has 0 aromatic heterocycles. The van der Waals surface area contributed by atoms with E-state index in [9.17, 15) is 0 Å². The molecule has 0 radical (unpaired) electrons. The van der Waals surface area contributed by atoms with E-state index >= 15 is 0 Å². The van der Waals surface area contributed by atoms with Crippen molar-refractivity contribution in [3.8, 4) is 55.6 Å². The van der Waals surface area contributed by atoms with Crippen LogP contribution in [0.25, 0.3) is 77.2 Å². The average Bonchev–Trinajstić information content (AvgIpc) is 3.71. The molecule has 2 aliphatic rings. The lowest BCUT2D eigenvalue weighted by Gasteiger charge is -2.29. The summed E-state index contributed by atoms with van der Waals surface area (Å²) in [7, 11) is 0. The lowest BCUT2D eigenvalue weighted by molar-refractivity contribution is 0.660. The van der Waals surface area contributed by atoms with Gasteiger partial charge in [0, 0.05) is 27.8 Å². The third-order valence-electron chi connectivity index (χ3n) is 14.3. The second kappa shape index (κ2) is 14.0. The smallest absolute Gasteiger partial charge is 0.0540 e. The maximum absolute atomic E-state index is 2.44. The summed E-state index contributed by atoms with van der Waals surface area (Å²) in [6.45, 7) is 9.45. The minimum absolute atomic E-state index is 0.0536. The first-order valence-corrected chi connectivity index (χ1v) is 22.3. The summed E-state index contributed by atoms with van der Waals surface area (Å²) in [5.41, 5.74) is 21.5. The van der Waals surface area contributed by atoms with Crippen LogP contribution in [0.1, 0.15) is 49.9 Å². The lowest BCUT2D eigenvalue weighted by Crippen LogP contribution is -2.16. The highest BCUT2D eigenvalue weighted by Crippen LogP contribution is 2.53. The van der Waals surface area contributed by atoms with Gasteiger partial charge >= 0.3 is 0 Å². The summed E-state index contributed by atoms with van der Waals surface area (Å²) in [4.78, 5) is 2.44. The quantitative estimate of drug-likeness (QED) is 0.151. The number of para-hydroxylation sites is 1. The molecule has 0 fully saturated rings. The summed E-state index contributed by atoms with van der Waals surface area (Å²) >= 11 is 0. The SMILES string of the molecule is CC1(C)c2ccccc2-c2ccc(-c3ccc(N(c4ccc(-c5cccc6c5C(C)(C)c5ccccc5-6)cc4)c4ccccc4-c4cccc5c4ccc4ccccc45)cc3)cc21. The molecule has 0 amide bonds. The maximum Gasteiger partial charge on any atom is 0.0540 e. The van der Waals surface area contributed by atoms with Crippen molar-refractivity contribution < 1.29 is 0 Å². The van der Waals surface area contributed by atoms with E-state index in [0.29, 0.717) is 0 Å². The van der Waals surface area contributed by atoms with E-state index in [-0.39, 0.29) is 10.8 Å². The van der Waals surface area contributed by atoms with Gasteiger partial charge in [-0.25, -0.2) is 0 Å². The number of nitrogens with zero attached hydrogens (tertiary/aromatic N) is 1. The minimum atomic E-state index is -0.101. The van der Waals surface area contributed by atoms with Crippen LogP contribution in [0.5, 0.6) is 0 Å². The van der Waals surface area contributed by atoms with Crippen molar-refractivity contribution in [3.05, 3.63) is 235 Å². The Morgan fingerprint density at radius 1 is 0.302 bits per heavy atom. The fourth-order valence-electron chi connectivity index (χ4n) is 11.2.